The fraction of sp³-hybridized carbons (Fsp3) is 0.833. The largest absolute Gasteiger partial charge is 0.481 e. The van der Waals surface area contributed by atoms with Gasteiger partial charge in [-0.05, 0) is 0 Å². The van der Waals surface area contributed by atoms with Crippen LogP contribution in [0.3, 0.4) is 0 Å². The summed E-state index contributed by atoms with van der Waals surface area (Å²) in [5.74, 6) is -0.647. The average molecular weight is 338 g/mol. The van der Waals surface area contributed by atoms with Gasteiger partial charge in [0.2, 0.25) is 0 Å². The van der Waals surface area contributed by atoms with Gasteiger partial charge in [0.15, 0.2) is 9.84 Å². The molecule has 0 aromatic rings. The Morgan fingerprint density at radius 1 is 1.48 bits per heavy atom. The van der Waals surface area contributed by atoms with Crippen LogP contribution in [0.25, 0.3) is 0 Å². The van der Waals surface area contributed by atoms with Gasteiger partial charge in [0.05, 0.1) is 5.92 Å². The Balaban J connectivity index is 2.84. The highest BCUT2D eigenvalue weighted by Crippen LogP contribution is 2.22. The summed E-state index contributed by atoms with van der Waals surface area (Å²) >= 11 is 1.51. The van der Waals surface area contributed by atoms with Crippen LogP contribution < -0.4 is 0 Å². The molecule has 9 heteroatoms. The minimum absolute atomic E-state index is 0.0166. The van der Waals surface area contributed by atoms with Gasteiger partial charge in [-0.15, -0.1) is 0 Å². The van der Waals surface area contributed by atoms with Gasteiger partial charge in [-0.1, -0.05) is 13.8 Å². The maximum atomic E-state index is 12.4. The maximum absolute atomic E-state index is 12.4. The van der Waals surface area contributed by atoms with Gasteiger partial charge in [-0.3, -0.25) is 4.79 Å². The second-order valence-corrected chi connectivity index (χ2v) is 8.67. The predicted molar refractivity (Wildman–Crippen MR) is 82.1 cm³/mol. The van der Waals surface area contributed by atoms with E-state index in [1.807, 2.05) is 0 Å². The fourth-order valence-corrected chi connectivity index (χ4v) is 5.04. The molecule has 0 aliphatic carbocycles. The van der Waals surface area contributed by atoms with E-state index in [1.165, 1.54) is 35.5 Å². The Morgan fingerprint density at radius 3 is 2.62 bits per heavy atom. The number of sulfone groups is 1. The number of rotatable bonds is 5. The third-order valence-electron chi connectivity index (χ3n) is 3.44. The third kappa shape index (κ3) is 4.50. The highest BCUT2D eigenvalue weighted by molar-refractivity contribution is 8.01. The Labute approximate surface area is 129 Å². The molecule has 1 rings (SSSR count). The molecule has 0 saturated carbocycles. The Bertz CT molecular complexity index is 494. The van der Waals surface area contributed by atoms with E-state index in [-0.39, 0.29) is 12.3 Å². The van der Waals surface area contributed by atoms with Crippen molar-refractivity contribution in [2.24, 2.45) is 5.92 Å². The maximum Gasteiger partial charge on any atom is 0.320 e. The number of thioether (sulfide) groups is 1. The molecule has 1 fully saturated rings. The van der Waals surface area contributed by atoms with Crippen molar-refractivity contribution in [3.8, 4) is 0 Å². The number of amides is 2. The van der Waals surface area contributed by atoms with Crippen molar-refractivity contribution in [3.05, 3.63) is 0 Å². The number of hydrogen-bond donors (Lipinski definition) is 1. The second-order valence-electron chi connectivity index (χ2n) is 5.08. The van der Waals surface area contributed by atoms with E-state index in [4.69, 9.17) is 5.11 Å². The zero-order valence-electron chi connectivity index (χ0n) is 12.5. The van der Waals surface area contributed by atoms with E-state index in [9.17, 15) is 18.0 Å². The van der Waals surface area contributed by atoms with Crippen LogP contribution in [0.4, 0.5) is 4.79 Å². The monoisotopic (exact) mass is 338 g/mol. The molecule has 1 aliphatic rings. The number of aliphatic carboxylic acids is 1. The number of nitrogens with zero attached hydrogens (tertiary/aromatic N) is 2. The first-order chi connectivity index (χ1) is 9.70. The molecule has 2 unspecified atom stereocenters. The highest BCUT2D eigenvalue weighted by Gasteiger charge is 2.37. The second kappa shape index (κ2) is 7.35. The summed E-state index contributed by atoms with van der Waals surface area (Å²) in [5, 5.41) is 8.07. The van der Waals surface area contributed by atoms with E-state index in [1.54, 1.807) is 6.92 Å². The van der Waals surface area contributed by atoms with Crippen molar-refractivity contribution >= 4 is 33.6 Å². The molecule has 7 nitrogen and oxygen atoms in total. The van der Waals surface area contributed by atoms with Crippen molar-refractivity contribution in [1.82, 2.24) is 9.80 Å². The minimum Gasteiger partial charge on any atom is -0.481 e. The van der Waals surface area contributed by atoms with Gasteiger partial charge in [0, 0.05) is 37.4 Å². The summed E-state index contributed by atoms with van der Waals surface area (Å²) in [6, 6.07) is -0.426. The molecule has 0 radical (unpaired) electrons. The molecule has 1 saturated heterocycles. The summed E-state index contributed by atoms with van der Waals surface area (Å²) in [6.45, 7) is 3.49. The summed E-state index contributed by atoms with van der Waals surface area (Å²) < 4.78 is 24.2. The molecule has 2 amide bonds. The van der Waals surface area contributed by atoms with Crippen LogP contribution in [-0.4, -0.2) is 78.1 Å². The van der Waals surface area contributed by atoms with Crippen molar-refractivity contribution in [2.45, 2.75) is 19.2 Å². The van der Waals surface area contributed by atoms with Crippen molar-refractivity contribution in [1.29, 1.82) is 0 Å². The summed E-state index contributed by atoms with van der Waals surface area (Å²) in [4.78, 5) is 25.9. The minimum atomic E-state index is -3.35. The molecular formula is C12H22N2O5S2. The molecule has 2 atom stereocenters. The van der Waals surface area contributed by atoms with Crippen LogP contribution >= 0.6 is 11.8 Å². The predicted octanol–water partition coefficient (Wildman–Crippen LogP) is 0.569. The van der Waals surface area contributed by atoms with E-state index in [0.717, 1.165) is 0 Å². The van der Waals surface area contributed by atoms with E-state index >= 15 is 0 Å². The third-order valence-corrected chi connectivity index (χ3v) is 6.73. The summed E-state index contributed by atoms with van der Waals surface area (Å²) in [6.07, 6.45) is 0. The quantitative estimate of drug-likeness (QED) is 0.787. The fourth-order valence-electron chi connectivity index (χ4n) is 2.08. The average Bonchev–Trinajstić information content (AvgIpc) is 2.46. The molecule has 0 spiro atoms. The van der Waals surface area contributed by atoms with Gasteiger partial charge >= 0.3 is 12.0 Å². The lowest BCUT2D eigenvalue weighted by molar-refractivity contribution is -0.141. The molecule has 1 N–H and O–H groups in total. The number of carboxylic acids is 1. The molecule has 0 aromatic carbocycles. The van der Waals surface area contributed by atoms with E-state index in [2.05, 4.69) is 0 Å². The lowest BCUT2D eigenvalue weighted by atomic mass is 10.2. The van der Waals surface area contributed by atoms with Gasteiger partial charge in [0.1, 0.15) is 5.37 Å². The molecular weight excluding hydrogens is 316 g/mol. The zero-order valence-corrected chi connectivity index (χ0v) is 14.1. The molecule has 21 heavy (non-hydrogen) atoms. The Hall–Kier alpha value is -0.960. The molecule has 122 valence electrons. The molecule has 0 bridgehead atoms. The normalized spacial score (nSPS) is 20.9. The highest BCUT2D eigenvalue weighted by atomic mass is 32.2. The van der Waals surface area contributed by atoms with Crippen molar-refractivity contribution in [3.63, 3.8) is 0 Å². The van der Waals surface area contributed by atoms with E-state index in [0.29, 0.717) is 18.1 Å². The van der Waals surface area contributed by atoms with Crippen LogP contribution in [0.2, 0.25) is 0 Å². The van der Waals surface area contributed by atoms with Gasteiger partial charge < -0.3 is 14.9 Å². The van der Waals surface area contributed by atoms with Crippen LogP contribution in [0.1, 0.15) is 13.8 Å². The number of urea groups is 1. The number of hydrogen-bond acceptors (Lipinski definition) is 5. The number of carbonyl (C=O) groups is 2. The molecule has 0 aromatic heterocycles. The zero-order chi connectivity index (χ0) is 16.2. The van der Waals surface area contributed by atoms with Gasteiger partial charge in [0.25, 0.3) is 0 Å². The van der Waals surface area contributed by atoms with Crippen molar-refractivity contribution < 1.29 is 23.1 Å². The topological polar surface area (TPSA) is 95.0 Å². The molecule has 1 heterocycles. The van der Waals surface area contributed by atoms with Crippen LogP contribution in [0, 0.1) is 5.92 Å². The number of carboxylic acid groups (broad SMARTS) is 1. The Kier molecular flexibility index (Phi) is 6.33. The number of carbonyl (C=O) groups excluding carboxylic acids is 1. The summed E-state index contributed by atoms with van der Waals surface area (Å²) in [7, 11) is -1.85. The lowest BCUT2D eigenvalue weighted by Crippen LogP contribution is -2.55. The Morgan fingerprint density at radius 2 is 2.10 bits per heavy atom. The first-order valence-electron chi connectivity index (χ1n) is 6.74. The van der Waals surface area contributed by atoms with Gasteiger partial charge in [-0.25, -0.2) is 13.2 Å². The molecule has 1 aliphatic heterocycles. The van der Waals surface area contributed by atoms with Crippen molar-refractivity contribution in [2.75, 3.05) is 37.4 Å². The first-order valence-corrected chi connectivity index (χ1v) is 9.61. The van der Waals surface area contributed by atoms with Crippen LogP contribution in [0.15, 0.2) is 0 Å². The van der Waals surface area contributed by atoms with Crippen LogP contribution in [0.5, 0.6) is 0 Å². The first kappa shape index (κ1) is 18.1. The van der Waals surface area contributed by atoms with Gasteiger partial charge in [-0.2, -0.15) is 11.8 Å². The standard InChI is InChI=1S/C12H22N2O5S2/c1-4-21(18,19)10-8-20-6-5-14(10)12(17)13(3)7-9(2)11(15)16/h9-10H,4-8H2,1-3H3,(H,15,16). The van der Waals surface area contributed by atoms with Crippen LogP contribution in [-0.2, 0) is 14.6 Å². The SMILES string of the molecule is CCS(=O)(=O)C1CSCCN1C(=O)N(C)CC(C)C(=O)O. The smallest absolute Gasteiger partial charge is 0.320 e. The van der Waals surface area contributed by atoms with E-state index < -0.39 is 33.1 Å². The lowest BCUT2D eigenvalue weighted by Gasteiger charge is -2.37. The summed E-state index contributed by atoms with van der Waals surface area (Å²) in [5.41, 5.74) is 0.